The average molecular weight is 493 g/mol. The van der Waals surface area contributed by atoms with Crippen molar-refractivity contribution in [2.24, 2.45) is 0 Å². The molecule has 0 spiro atoms. The van der Waals surface area contributed by atoms with Crippen molar-refractivity contribution in [3.63, 3.8) is 0 Å². The number of thiophene rings is 1. The van der Waals surface area contributed by atoms with E-state index < -0.39 is 17.4 Å². The Hall–Kier alpha value is -4.02. The van der Waals surface area contributed by atoms with E-state index in [-0.39, 0.29) is 5.69 Å². The number of benzene rings is 2. The summed E-state index contributed by atoms with van der Waals surface area (Å²) >= 11 is 7.55. The standard InChI is InChI=1S/C23H17ClN6O3S/c1-12-16-10-18(34-23(16)30(29-12)11-13-6-2-5-9-17(13)24)21(32)27-28-22(33)19-14-7-3-4-8-15(14)20(31)26-25-19/h2-10H,11H2,1H3,(H,26,31)(H,27,32)(H,28,33). The van der Waals surface area contributed by atoms with Crippen LogP contribution in [0.1, 0.15) is 31.4 Å². The van der Waals surface area contributed by atoms with Gasteiger partial charge in [0, 0.05) is 15.8 Å². The molecule has 0 bridgehead atoms. The first-order valence-electron chi connectivity index (χ1n) is 10.2. The molecule has 2 aromatic carbocycles. The smallest absolute Gasteiger partial charge is 0.267 e. The number of halogens is 1. The van der Waals surface area contributed by atoms with E-state index in [1.54, 1.807) is 30.3 Å². The molecule has 0 saturated carbocycles. The molecule has 5 aromatic rings. The Labute approximate surface area is 201 Å². The van der Waals surface area contributed by atoms with E-state index in [2.05, 4.69) is 26.1 Å². The molecular formula is C23H17ClN6O3S. The number of fused-ring (bicyclic) bond motifs is 2. The molecule has 0 saturated heterocycles. The number of aromatic nitrogens is 4. The molecule has 11 heteroatoms. The number of hydrazine groups is 1. The van der Waals surface area contributed by atoms with Gasteiger partial charge in [0.05, 0.1) is 22.5 Å². The molecule has 5 rings (SSSR count). The summed E-state index contributed by atoms with van der Waals surface area (Å²) in [6, 6.07) is 15.9. The number of H-pyrrole nitrogens is 1. The molecule has 0 aliphatic rings. The fraction of sp³-hybridized carbons (Fsp3) is 0.0870. The van der Waals surface area contributed by atoms with Crippen LogP contribution >= 0.6 is 22.9 Å². The lowest BCUT2D eigenvalue weighted by atomic mass is 10.1. The lowest BCUT2D eigenvalue weighted by Crippen LogP contribution is -2.42. The Morgan fingerprint density at radius 3 is 2.53 bits per heavy atom. The third-order valence-electron chi connectivity index (χ3n) is 5.31. The van der Waals surface area contributed by atoms with Gasteiger partial charge in [-0.05, 0) is 30.7 Å². The Morgan fingerprint density at radius 2 is 1.74 bits per heavy atom. The molecule has 170 valence electrons. The molecule has 9 nitrogen and oxygen atoms in total. The Bertz CT molecular complexity index is 1640. The van der Waals surface area contributed by atoms with Crippen molar-refractivity contribution in [2.75, 3.05) is 0 Å². The predicted octanol–water partition coefficient (Wildman–Crippen LogP) is 3.42. The average Bonchev–Trinajstić information content (AvgIpc) is 3.40. The van der Waals surface area contributed by atoms with E-state index in [0.29, 0.717) is 27.2 Å². The number of carbonyl (C=O) groups excluding carboxylic acids is 2. The third kappa shape index (κ3) is 3.93. The van der Waals surface area contributed by atoms with Crippen molar-refractivity contribution >= 4 is 55.7 Å². The number of amides is 2. The number of hydrogen-bond donors (Lipinski definition) is 3. The molecule has 0 unspecified atom stereocenters. The maximum atomic E-state index is 12.8. The van der Waals surface area contributed by atoms with E-state index in [1.807, 2.05) is 35.9 Å². The lowest BCUT2D eigenvalue weighted by molar-refractivity contribution is 0.0846. The van der Waals surface area contributed by atoms with Gasteiger partial charge in [-0.25, -0.2) is 5.10 Å². The van der Waals surface area contributed by atoms with Crippen molar-refractivity contribution in [3.8, 4) is 0 Å². The number of rotatable bonds is 4. The number of aromatic amines is 1. The zero-order valence-corrected chi connectivity index (χ0v) is 19.3. The molecule has 0 atom stereocenters. The van der Waals surface area contributed by atoms with Gasteiger partial charge in [-0.15, -0.1) is 11.3 Å². The van der Waals surface area contributed by atoms with Crippen LogP contribution in [0.25, 0.3) is 21.0 Å². The number of carbonyl (C=O) groups is 2. The van der Waals surface area contributed by atoms with Crippen LogP contribution in [0, 0.1) is 6.92 Å². The normalized spacial score (nSPS) is 11.1. The zero-order chi connectivity index (χ0) is 23.8. The largest absolute Gasteiger partial charge is 0.290 e. The molecule has 0 aliphatic carbocycles. The van der Waals surface area contributed by atoms with Gasteiger partial charge in [0.2, 0.25) is 0 Å². The fourth-order valence-electron chi connectivity index (χ4n) is 3.64. The highest BCUT2D eigenvalue weighted by Crippen LogP contribution is 2.29. The van der Waals surface area contributed by atoms with Gasteiger partial charge in [0.1, 0.15) is 4.83 Å². The molecule has 34 heavy (non-hydrogen) atoms. The predicted molar refractivity (Wildman–Crippen MR) is 130 cm³/mol. The van der Waals surface area contributed by atoms with E-state index in [4.69, 9.17) is 11.6 Å². The summed E-state index contributed by atoms with van der Waals surface area (Å²) in [5.41, 5.74) is 6.08. The minimum atomic E-state index is -0.650. The highest BCUT2D eigenvalue weighted by atomic mass is 35.5. The van der Waals surface area contributed by atoms with E-state index in [0.717, 1.165) is 21.5 Å². The van der Waals surface area contributed by atoms with Crippen molar-refractivity contribution < 1.29 is 9.59 Å². The first-order valence-corrected chi connectivity index (χ1v) is 11.4. The van der Waals surface area contributed by atoms with Crippen molar-refractivity contribution in [3.05, 3.63) is 91.8 Å². The van der Waals surface area contributed by atoms with Gasteiger partial charge >= 0.3 is 0 Å². The third-order valence-corrected chi connectivity index (χ3v) is 6.83. The quantitative estimate of drug-likeness (QED) is 0.332. The van der Waals surface area contributed by atoms with E-state index in [1.165, 1.54) is 11.3 Å². The van der Waals surface area contributed by atoms with Crippen LogP contribution in [-0.2, 0) is 6.54 Å². The maximum Gasteiger partial charge on any atom is 0.290 e. The van der Waals surface area contributed by atoms with Crippen LogP contribution in [-0.4, -0.2) is 31.8 Å². The van der Waals surface area contributed by atoms with Crippen LogP contribution in [0.15, 0.2) is 59.4 Å². The van der Waals surface area contributed by atoms with Gasteiger partial charge in [-0.2, -0.15) is 10.2 Å². The number of nitrogens with one attached hydrogen (secondary N) is 3. The molecule has 0 radical (unpaired) electrons. The van der Waals surface area contributed by atoms with Crippen LogP contribution in [0.4, 0.5) is 0 Å². The summed E-state index contributed by atoms with van der Waals surface area (Å²) in [6.45, 7) is 2.34. The second kappa shape index (κ2) is 8.73. The minimum absolute atomic E-state index is 0.00179. The summed E-state index contributed by atoms with van der Waals surface area (Å²) < 4.78 is 1.81. The molecular weight excluding hydrogens is 476 g/mol. The lowest BCUT2D eigenvalue weighted by Gasteiger charge is -2.07. The van der Waals surface area contributed by atoms with Gasteiger partial charge in [-0.3, -0.25) is 29.9 Å². The monoisotopic (exact) mass is 492 g/mol. The highest BCUT2D eigenvalue weighted by Gasteiger charge is 2.19. The Balaban J connectivity index is 1.35. The van der Waals surface area contributed by atoms with Crippen molar-refractivity contribution in [1.29, 1.82) is 0 Å². The molecule has 0 fully saturated rings. The maximum absolute atomic E-state index is 12.8. The van der Waals surface area contributed by atoms with Crippen LogP contribution < -0.4 is 16.4 Å². The Morgan fingerprint density at radius 1 is 1.03 bits per heavy atom. The summed E-state index contributed by atoms with van der Waals surface area (Å²) in [5, 5.41) is 12.9. The SMILES string of the molecule is Cc1nn(Cc2ccccc2Cl)c2sc(C(=O)NNC(=O)c3n[nH]c(=O)c4ccccc34)cc12. The summed E-state index contributed by atoms with van der Waals surface area (Å²) in [7, 11) is 0. The summed E-state index contributed by atoms with van der Waals surface area (Å²) in [6.07, 6.45) is 0. The molecule has 3 aromatic heterocycles. The second-order valence-electron chi connectivity index (χ2n) is 7.52. The first-order chi connectivity index (χ1) is 16.4. The van der Waals surface area contributed by atoms with Gasteiger partial charge < -0.3 is 0 Å². The van der Waals surface area contributed by atoms with Crippen molar-refractivity contribution in [1.82, 2.24) is 30.8 Å². The molecule has 0 aliphatic heterocycles. The topological polar surface area (TPSA) is 122 Å². The summed E-state index contributed by atoms with van der Waals surface area (Å²) in [5.74, 6) is -1.13. The van der Waals surface area contributed by atoms with E-state index in [9.17, 15) is 14.4 Å². The minimum Gasteiger partial charge on any atom is -0.267 e. The van der Waals surface area contributed by atoms with E-state index >= 15 is 0 Å². The first kappa shape index (κ1) is 21.8. The molecule has 2 amide bonds. The summed E-state index contributed by atoms with van der Waals surface area (Å²) in [4.78, 5) is 38.5. The number of aryl methyl sites for hydroxylation is 1. The van der Waals surface area contributed by atoms with Crippen LogP contribution in [0.2, 0.25) is 5.02 Å². The van der Waals surface area contributed by atoms with Crippen molar-refractivity contribution in [2.45, 2.75) is 13.5 Å². The fourth-order valence-corrected chi connectivity index (χ4v) is 4.89. The van der Waals surface area contributed by atoms with Gasteiger partial charge in [0.25, 0.3) is 17.4 Å². The zero-order valence-electron chi connectivity index (χ0n) is 17.8. The second-order valence-corrected chi connectivity index (χ2v) is 8.96. The highest BCUT2D eigenvalue weighted by molar-refractivity contribution is 7.20. The molecule has 3 heterocycles. The van der Waals surface area contributed by atoms with Crippen LogP contribution in [0.3, 0.4) is 0 Å². The van der Waals surface area contributed by atoms with Gasteiger partial charge in [-0.1, -0.05) is 48.0 Å². The number of hydrogen-bond acceptors (Lipinski definition) is 6. The Kier molecular flexibility index (Phi) is 5.60. The van der Waals surface area contributed by atoms with Crippen LogP contribution in [0.5, 0.6) is 0 Å². The number of nitrogens with zero attached hydrogens (tertiary/aromatic N) is 3. The van der Waals surface area contributed by atoms with Gasteiger partial charge in [0.15, 0.2) is 5.69 Å². The molecule has 3 N–H and O–H groups in total.